The van der Waals surface area contributed by atoms with Crippen LogP contribution in [0.1, 0.15) is 28.7 Å². The number of aliphatic hydroxyl groups is 1. The SMILES string of the molecule is OCCC(c1ccccc1)(c1ccccc1)c1ccc(C(F)(F)F)cc1. The van der Waals surface area contributed by atoms with Gasteiger partial charge in [0.2, 0.25) is 0 Å². The monoisotopic (exact) mass is 356 g/mol. The molecule has 0 amide bonds. The van der Waals surface area contributed by atoms with Crippen molar-refractivity contribution in [3.63, 3.8) is 0 Å². The van der Waals surface area contributed by atoms with Crippen LogP contribution in [0.15, 0.2) is 84.9 Å². The maximum Gasteiger partial charge on any atom is 0.416 e. The van der Waals surface area contributed by atoms with Gasteiger partial charge >= 0.3 is 6.18 Å². The van der Waals surface area contributed by atoms with Gasteiger partial charge in [-0.1, -0.05) is 72.8 Å². The van der Waals surface area contributed by atoms with Crippen LogP contribution in [0.25, 0.3) is 0 Å². The third kappa shape index (κ3) is 3.37. The second kappa shape index (κ2) is 7.34. The Bertz CT molecular complexity index is 785. The van der Waals surface area contributed by atoms with Gasteiger partial charge in [0.05, 0.1) is 5.56 Å². The van der Waals surface area contributed by atoms with E-state index in [1.54, 1.807) is 0 Å². The van der Waals surface area contributed by atoms with Gasteiger partial charge < -0.3 is 5.11 Å². The second-order valence-electron chi connectivity index (χ2n) is 6.19. The summed E-state index contributed by atoms with van der Waals surface area (Å²) in [5, 5.41) is 9.79. The lowest BCUT2D eigenvalue weighted by molar-refractivity contribution is -0.137. The van der Waals surface area contributed by atoms with E-state index in [2.05, 4.69) is 0 Å². The van der Waals surface area contributed by atoms with Crippen molar-refractivity contribution in [1.29, 1.82) is 0 Å². The van der Waals surface area contributed by atoms with E-state index in [-0.39, 0.29) is 6.61 Å². The fourth-order valence-corrected chi connectivity index (χ4v) is 3.49. The molecule has 0 bridgehead atoms. The first-order valence-electron chi connectivity index (χ1n) is 8.38. The average Bonchev–Trinajstić information content (AvgIpc) is 2.67. The number of rotatable bonds is 5. The molecule has 0 aliphatic carbocycles. The number of alkyl halides is 3. The maximum atomic E-state index is 13.0. The van der Waals surface area contributed by atoms with Gasteiger partial charge in [-0.05, 0) is 35.2 Å². The van der Waals surface area contributed by atoms with E-state index in [4.69, 9.17) is 0 Å². The Labute approximate surface area is 150 Å². The van der Waals surface area contributed by atoms with Crippen molar-refractivity contribution in [2.75, 3.05) is 6.61 Å². The van der Waals surface area contributed by atoms with Gasteiger partial charge in [-0.15, -0.1) is 0 Å². The molecular formula is C22H19F3O. The molecule has 0 aliphatic heterocycles. The minimum Gasteiger partial charge on any atom is -0.396 e. The summed E-state index contributed by atoms with van der Waals surface area (Å²) in [6, 6.07) is 24.4. The third-order valence-electron chi connectivity index (χ3n) is 4.73. The van der Waals surface area contributed by atoms with Crippen molar-refractivity contribution in [2.24, 2.45) is 0 Å². The Hall–Kier alpha value is -2.59. The summed E-state index contributed by atoms with van der Waals surface area (Å²) in [6.07, 6.45) is -4.01. The first kappa shape index (κ1) is 18.2. The van der Waals surface area contributed by atoms with Crippen molar-refractivity contribution in [1.82, 2.24) is 0 Å². The largest absolute Gasteiger partial charge is 0.416 e. The van der Waals surface area contributed by atoms with Gasteiger partial charge in [0.25, 0.3) is 0 Å². The van der Waals surface area contributed by atoms with Crippen LogP contribution in [0, 0.1) is 0 Å². The third-order valence-corrected chi connectivity index (χ3v) is 4.73. The second-order valence-corrected chi connectivity index (χ2v) is 6.19. The first-order chi connectivity index (χ1) is 12.5. The van der Waals surface area contributed by atoms with E-state index in [1.807, 2.05) is 60.7 Å². The summed E-state index contributed by atoms with van der Waals surface area (Å²) >= 11 is 0. The summed E-state index contributed by atoms with van der Waals surface area (Å²) in [5.41, 5.74) is 1.18. The van der Waals surface area contributed by atoms with Crippen LogP contribution < -0.4 is 0 Å². The summed E-state index contributed by atoms with van der Waals surface area (Å²) in [5.74, 6) is 0. The fraction of sp³-hybridized carbons (Fsp3) is 0.182. The molecule has 0 atom stereocenters. The predicted molar refractivity (Wildman–Crippen MR) is 95.9 cm³/mol. The van der Waals surface area contributed by atoms with Gasteiger partial charge in [0, 0.05) is 12.0 Å². The standard InChI is InChI=1S/C22H19F3O/c23-22(24,25)20-13-11-19(12-14-20)21(15-16-26,17-7-3-1-4-8-17)18-9-5-2-6-10-18/h1-14,26H,15-16H2. The molecule has 0 heterocycles. The van der Waals surface area contributed by atoms with Crippen molar-refractivity contribution in [3.05, 3.63) is 107 Å². The number of halogens is 3. The lowest BCUT2D eigenvalue weighted by atomic mass is 9.67. The van der Waals surface area contributed by atoms with Crippen LogP contribution in [-0.4, -0.2) is 11.7 Å². The molecule has 3 rings (SSSR count). The van der Waals surface area contributed by atoms with Crippen LogP contribution in [0.4, 0.5) is 13.2 Å². The Kier molecular flexibility index (Phi) is 5.14. The summed E-state index contributed by atoms with van der Waals surface area (Å²) in [7, 11) is 0. The minimum atomic E-state index is -4.38. The number of aliphatic hydroxyl groups excluding tert-OH is 1. The average molecular weight is 356 g/mol. The smallest absolute Gasteiger partial charge is 0.396 e. The van der Waals surface area contributed by atoms with E-state index in [0.29, 0.717) is 6.42 Å². The molecule has 0 aromatic heterocycles. The van der Waals surface area contributed by atoms with E-state index in [0.717, 1.165) is 28.8 Å². The normalized spacial score (nSPS) is 12.2. The molecule has 0 radical (unpaired) electrons. The van der Waals surface area contributed by atoms with Crippen LogP contribution in [0.5, 0.6) is 0 Å². The summed E-state index contributed by atoms with van der Waals surface area (Å²) < 4.78 is 38.9. The molecule has 0 unspecified atom stereocenters. The predicted octanol–water partition coefficient (Wildman–Crippen LogP) is 5.42. The van der Waals surface area contributed by atoms with Crippen LogP contribution >= 0.6 is 0 Å². The van der Waals surface area contributed by atoms with Gasteiger partial charge in [-0.3, -0.25) is 0 Å². The first-order valence-corrected chi connectivity index (χ1v) is 8.38. The van der Waals surface area contributed by atoms with Crippen molar-refractivity contribution in [2.45, 2.75) is 18.0 Å². The van der Waals surface area contributed by atoms with Crippen LogP contribution in [0.3, 0.4) is 0 Å². The summed E-state index contributed by atoms with van der Waals surface area (Å²) in [6.45, 7) is -0.0924. The molecule has 0 spiro atoms. The lowest BCUT2D eigenvalue weighted by Crippen LogP contribution is -2.30. The molecule has 3 aromatic carbocycles. The van der Waals surface area contributed by atoms with E-state index >= 15 is 0 Å². The van der Waals surface area contributed by atoms with Crippen LogP contribution in [0.2, 0.25) is 0 Å². The van der Waals surface area contributed by atoms with Gasteiger partial charge in [0.1, 0.15) is 0 Å². The Morgan fingerprint density at radius 2 is 0.962 bits per heavy atom. The molecule has 0 saturated carbocycles. The van der Waals surface area contributed by atoms with Crippen LogP contribution in [-0.2, 0) is 11.6 Å². The Balaban J connectivity index is 2.23. The zero-order valence-corrected chi connectivity index (χ0v) is 14.1. The Morgan fingerprint density at radius 3 is 1.35 bits per heavy atom. The minimum absolute atomic E-state index is 0.0924. The summed E-state index contributed by atoms with van der Waals surface area (Å²) in [4.78, 5) is 0. The molecule has 0 fully saturated rings. The zero-order valence-electron chi connectivity index (χ0n) is 14.1. The van der Waals surface area contributed by atoms with Gasteiger partial charge in [-0.2, -0.15) is 13.2 Å². The van der Waals surface area contributed by atoms with Crippen molar-refractivity contribution in [3.8, 4) is 0 Å². The van der Waals surface area contributed by atoms with Gasteiger partial charge in [0.15, 0.2) is 0 Å². The zero-order chi connectivity index (χ0) is 18.6. The molecule has 26 heavy (non-hydrogen) atoms. The highest BCUT2D eigenvalue weighted by atomic mass is 19.4. The van der Waals surface area contributed by atoms with E-state index in [1.165, 1.54) is 12.1 Å². The molecule has 4 heteroatoms. The highest BCUT2D eigenvalue weighted by Crippen LogP contribution is 2.42. The molecule has 0 saturated heterocycles. The molecule has 1 nitrogen and oxygen atoms in total. The van der Waals surface area contributed by atoms with E-state index in [9.17, 15) is 18.3 Å². The molecule has 0 aliphatic rings. The molecular weight excluding hydrogens is 337 g/mol. The highest BCUT2D eigenvalue weighted by Gasteiger charge is 2.37. The van der Waals surface area contributed by atoms with Gasteiger partial charge in [-0.25, -0.2) is 0 Å². The van der Waals surface area contributed by atoms with Crippen molar-refractivity contribution >= 4 is 0 Å². The molecule has 1 N–H and O–H groups in total. The lowest BCUT2D eigenvalue weighted by Gasteiger charge is -2.35. The maximum absolute atomic E-state index is 13.0. The topological polar surface area (TPSA) is 20.2 Å². The number of hydrogen-bond acceptors (Lipinski definition) is 1. The number of hydrogen-bond donors (Lipinski definition) is 1. The molecule has 3 aromatic rings. The quantitative estimate of drug-likeness (QED) is 0.605. The molecule has 134 valence electrons. The van der Waals surface area contributed by atoms with Crippen molar-refractivity contribution < 1.29 is 18.3 Å². The van der Waals surface area contributed by atoms with E-state index < -0.39 is 17.2 Å². The highest BCUT2D eigenvalue weighted by molar-refractivity contribution is 5.50. The fourth-order valence-electron chi connectivity index (χ4n) is 3.49. The number of benzene rings is 3. The Morgan fingerprint density at radius 1 is 0.577 bits per heavy atom.